The summed E-state index contributed by atoms with van der Waals surface area (Å²) in [6.07, 6.45) is -7.68. The van der Waals surface area contributed by atoms with Gasteiger partial charge in [0.25, 0.3) is 0 Å². The third-order valence-corrected chi connectivity index (χ3v) is 4.06. The molecule has 0 amide bonds. The van der Waals surface area contributed by atoms with Crippen molar-refractivity contribution in [3.8, 4) is 0 Å². The van der Waals surface area contributed by atoms with Gasteiger partial charge in [-0.1, -0.05) is 12.2 Å². The molecule has 2 N–H and O–H groups in total. The number of phosphoric ester groups is 2. The Labute approximate surface area is 243 Å². The third kappa shape index (κ3) is 12.0. The van der Waals surface area contributed by atoms with Crippen LogP contribution in [0.1, 0.15) is 0 Å². The van der Waals surface area contributed by atoms with Gasteiger partial charge < -0.3 is 77.9 Å². The summed E-state index contributed by atoms with van der Waals surface area (Å²) < 4.78 is 35.8. The van der Waals surface area contributed by atoms with E-state index in [9.17, 15) is 58.7 Å². The van der Waals surface area contributed by atoms with Crippen LogP contribution in [0.15, 0.2) is 23.0 Å². The van der Waals surface area contributed by atoms with Crippen LogP contribution in [0, 0.1) is 0 Å². The SMILES string of the molecule is O=C1O[C@H]([C@@H]([O-])CO)C([O-])=C1OP(=O)([O-])[O-].O=C1O[C@H]([C@@H]([O-])CO)C([O-])=C1OP(=O)([O-])[O-].[Mg+2].[Mg+2].[Mg+2]. The zero-order valence-corrected chi connectivity index (χ0v) is 23.2. The van der Waals surface area contributed by atoms with Gasteiger partial charge >= 0.3 is 81.1 Å². The molecule has 2 heterocycles. The van der Waals surface area contributed by atoms with Crippen molar-refractivity contribution in [2.24, 2.45) is 0 Å². The number of esters is 2. The number of aliphatic hydroxyl groups is 2. The molecule has 35 heavy (non-hydrogen) atoms. The number of ether oxygens (including phenoxy) is 2. The molecule has 184 valence electrons. The molecule has 18 nitrogen and oxygen atoms in total. The van der Waals surface area contributed by atoms with Crippen LogP contribution in [0.3, 0.4) is 0 Å². The van der Waals surface area contributed by atoms with Gasteiger partial charge in [-0.05, 0) is 11.5 Å². The Morgan fingerprint density at radius 3 is 1.20 bits per heavy atom. The second-order valence-electron chi connectivity index (χ2n) is 5.56. The van der Waals surface area contributed by atoms with E-state index in [1.54, 1.807) is 0 Å². The predicted molar refractivity (Wildman–Crippen MR) is 90.2 cm³/mol. The molecule has 0 saturated carbocycles. The molecule has 0 unspecified atom stereocenters. The molecule has 0 bridgehead atoms. The van der Waals surface area contributed by atoms with Gasteiger partial charge in [0, 0.05) is 13.2 Å². The topological polar surface area (TPSA) is 330 Å². The Kier molecular flexibility index (Phi) is 18.2. The fourth-order valence-corrected chi connectivity index (χ4v) is 2.75. The average molecular weight is 577 g/mol. The van der Waals surface area contributed by atoms with Crippen LogP contribution in [0.25, 0.3) is 0 Å². The molecule has 2 aliphatic heterocycles. The van der Waals surface area contributed by atoms with Crippen LogP contribution in [0.2, 0.25) is 0 Å². The van der Waals surface area contributed by atoms with E-state index < -0.39 is 88.3 Å². The van der Waals surface area contributed by atoms with E-state index >= 15 is 0 Å². The first-order valence-corrected chi connectivity index (χ1v) is 10.7. The van der Waals surface area contributed by atoms with Crippen molar-refractivity contribution >= 4 is 96.7 Å². The smallest absolute Gasteiger partial charge is 0.870 e. The van der Waals surface area contributed by atoms with E-state index in [4.69, 9.17) is 10.2 Å². The minimum atomic E-state index is -5.58. The first kappa shape index (κ1) is 39.6. The monoisotopic (exact) mass is 576 g/mol. The molecule has 0 aliphatic carbocycles. The van der Waals surface area contributed by atoms with Crippen molar-refractivity contribution in [2.75, 3.05) is 13.2 Å². The maximum Gasteiger partial charge on any atom is 2.00 e. The van der Waals surface area contributed by atoms with E-state index in [1.807, 2.05) is 0 Å². The minimum Gasteiger partial charge on any atom is -0.870 e. The molecule has 0 saturated heterocycles. The van der Waals surface area contributed by atoms with Gasteiger partial charge in [0.1, 0.15) is 27.9 Å². The number of carbonyl (C=O) groups is 2. The Morgan fingerprint density at radius 1 is 0.743 bits per heavy atom. The van der Waals surface area contributed by atoms with Crippen molar-refractivity contribution < 1.29 is 87.5 Å². The third-order valence-electron chi connectivity index (χ3n) is 3.24. The maximum atomic E-state index is 11.2. The van der Waals surface area contributed by atoms with Gasteiger partial charge in [0.2, 0.25) is 11.5 Å². The van der Waals surface area contributed by atoms with Crippen LogP contribution in [-0.2, 0) is 37.2 Å². The summed E-state index contributed by atoms with van der Waals surface area (Å²) in [6.45, 7) is -1.99. The molecule has 0 spiro atoms. The van der Waals surface area contributed by atoms with Crippen molar-refractivity contribution in [1.29, 1.82) is 0 Å². The van der Waals surface area contributed by atoms with Gasteiger partial charge in [-0.2, -0.15) is 0 Å². The largest absolute Gasteiger partial charge is 2.00 e. The first-order chi connectivity index (χ1) is 14.5. The van der Waals surface area contributed by atoms with Crippen LogP contribution >= 0.6 is 15.6 Å². The molecule has 0 aromatic rings. The van der Waals surface area contributed by atoms with Crippen LogP contribution in [0.5, 0.6) is 0 Å². The number of phosphoric acid groups is 2. The molecule has 4 atom stereocenters. The van der Waals surface area contributed by atoms with E-state index in [2.05, 4.69) is 18.5 Å². The fraction of sp³-hybridized carbons (Fsp3) is 0.500. The van der Waals surface area contributed by atoms with Gasteiger partial charge in [-0.25, -0.2) is 9.59 Å². The number of cyclic esters (lactones) is 2. The Bertz CT molecular complexity index is 823. The molecular weight excluding hydrogens is 567 g/mol. The molecule has 2 aliphatic rings. The number of carbonyl (C=O) groups excluding carboxylic acids is 2. The van der Waals surface area contributed by atoms with E-state index in [0.29, 0.717) is 0 Å². The molecule has 23 heteroatoms. The Morgan fingerprint density at radius 2 is 1.00 bits per heavy atom. The summed E-state index contributed by atoms with van der Waals surface area (Å²) in [7, 11) is -11.2. The minimum absolute atomic E-state index is 0. The molecule has 0 fully saturated rings. The quantitative estimate of drug-likeness (QED) is 0.154. The molecule has 2 rings (SSSR count). The second kappa shape index (κ2) is 16.1. The summed E-state index contributed by atoms with van der Waals surface area (Å²) in [5, 5.41) is 61.1. The van der Waals surface area contributed by atoms with Crippen LogP contribution in [-0.4, -0.2) is 129 Å². The van der Waals surface area contributed by atoms with Crippen molar-refractivity contribution in [3.63, 3.8) is 0 Å². The second-order valence-corrected chi connectivity index (χ2v) is 7.71. The van der Waals surface area contributed by atoms with Crippen LogP contribution in [0.4, 0.5) is 0 Å². The normalized spacial score (nSPS) is 21.3. The summed E-state index contributed by atoms with van der Waals surface area (Å²) in [5.41, 5.74) is 0. The molecule has 0 aromatic heterocycles. The zero-order chi connectivity index (χ0) is 25.0. The van der Waals surface area contributed by atoms with Crippen molar-refractivity contribution in [3.05, 3.63) is 23.0 Å². The van der Waals surface area contributed by atoms with E-state index in [0.717, 1.165) is 0 Å². The molecule has 0 aromatic carbocycles. The van der Waals surface area contributed by atoms with E-state index in [1.165, 1.54) is 0 Å². The standard InChI is InChI=1S/2C6H8O9P.3Mg/c2*7-1-2(8)4-3(9)5(6(10)14-4)15-16(11,12)13;;;/h2*2,4,7,9H,1H2,(H2,11,12,13);;;/q2*-1;3*+2/p-6/t2*2-,4+;;;/m00.../s1. The Balaban J connectivity index is -0.000000539. The average Bonchev–Trinajstić information content (AvgIpc) is 3.10. The van der Waals surface area contributed by atoms with Gasteiger partial charge in [-0.15, -0.1) is 0 Å². The molecule has 0 radical (unpaired) electrons. The zero-order valence-electron chi connectivity index (χ0n) is 17.2. The Hall–Kier alpha value is 0.0587. The summed E-state index contributed by atoms with van der Waals surface area (Å²) in [4.78, 5) is 62.4. The summed E-state index contributed by atoms with van der Waals surface area (Å²) in [5.74, 6) is -8.48. The first-order valence-electron chi connectivity index (χ1n) is 7.73. The number of rotatable bonds is 8. The fourth-order valence-electron chi connectivity index (χ4n) is 1.97. The number of hydrogen-bond acceptors (Lipinski definition) is 18. The molecular formula is C12H10Mg3O18P2-2. The number of aliphatic hydroxyl groups excluding tert-OH is 2. The predicted octanol–water partition coefficient (Wildman–Crippen LogP) is -11.0. The maximum absolute atomic E-state index is 11.2. The summed E-state index contributed by atoms with van der Waals surface area (Å²) in [6, 6.07) is 0. The van der Waals surface area contributed by atoms with Crippen LogP contribution < -0.4 is 40.0 Å². The van der Waals surface area contributed by atoms with Gasteiger partial charge in [0.15, 0.2) is 0 Å². The number of hydrogen-bond donors (Lipinski definition) is 2. The van der Waals surface area contributed by atoms with Gasteiger partial charge in [0.05, 0.1) is 0 Å². The van der Waals surface area contributed by atoms with Crippen molar-refractivity contribution in [2.45, 2.75) is 24.4 Å². The van der Waals surface area contributed by atoms with Crippen molar-refractivity contribution in [1.82, 2.24) is 0 Å². The van der Waals surface area contributed by atoms with Gasteiger partial charge in [-0.3, -0.25) is 0 Å². The summed E-state index contributed by atoms with van der Waals surface area (Å²) >= 11 is 0. The van der Waals surface area contributed by atoms with E-state index in [-0.39, 0.29) is 69.2 Å².